The molecule has 0 aliphatic carbocycles. The molecule has 0 bridgehead atoms. The van der Waals surface area contributed by atoms with Gasteiger partial charge in [0, 0.05) is 24.3 Å². The first kappa shape index (κ1) is 28.5. The van der Waals surface area contributed by atoms with Crippen molar-refractivity contribution in [1.82, 2.24) is 10.2 Å². The van der Waals surface area contributed by atoms with Gasteiger partial charge in [-0.05, 0) is 49.4 Å². The third-order valence-corrected chi connectivity index (χ3v) is 7.38. The van der Waals surface area contributed by atoms with Crippen LogP contribution in [-0.4, -0.2) is 91.8 Å². The molecule has 4 rings (SSSR count). The standard InChI is InChI=1S/C25H27ClN4O8S/c26-20-8-7-19(39-20)23(33)30(22(24(34)35)27-9-1-2-11-31)14-18-13-29(25(36)38-18)17-5-3-16(4-6-17)28-10-12-37-15-21(28)32/h3-8,11,18,22,27H,1-2,9-10,12-15H2,(H,34,35)/t18-,22+/m1/s1. The molecule has 0 radical (unpaired) electrons. The highest BCUT2D eigenvalue weighted by Gasteiger charge is 2.38. The quantitative estimate of drug-likeness (QED) is 0.220. The number of carboxylic acids is 1. The summed E-state index contributed by atoms with van der Waals surface area (Å²) in [5, 5.41) is 12.7. The number of nitrogens with one attached hydrogen (secondary N) is 1. The third-order valence-electron chi connectivity index (χ3n) is 6.16. The number of aldehydes is 1. The number of benzene rings is 1. The average Bonchev–Trinajstić information content (AvgIpc) is 3.52. The number of halogens is 1. The summed E-state index contributed by atoms with van der Waals surface area (Å²) in [6, 6.07) is 9.86. The van der Waals surface area contributed by atoms with Gasteiger partial charge >= 0.3 is 12.1 Å². The number of carboxylic acid groups (broad SMARTS) is 1. The normalized spacial score (nSPS) is 18.1. The summed E-state index contributed by atoms with van der Waals surface area (Å²) in [6.45, 7) is 0.927. The fourth-order valence-electron chi connectivity index (χ4n) is 4.28. The molecule has 2 aliphatic rings. The van der Waals surface area contributed by atoms with Gasteiger partial charge in [0.1, 0.15) is 19.0 Å². The molecule has 0 spiro atoms. The van der Waals surface area contributed by atoms with E-state index in [0.717, 1.165) is 22.5 Å². The van der Waals surface area contributed by atoms with Crippen LogP contribution in [0.15, 0.2) is 36.4 Å². The molecule has 0 saturated carbocycles. The highest BCUT2D eigenvalue weighted by atomic mass is 35.5. The molecule has 208 valence electrons. The van der Waals surface area contributed by atoms with E-state index in [0.29, 0.717) is 35.3 Å². The van der Waals surface area contributed by atoms with Crippen molar-refractivity contribution in [3.05, 3.63) is 45.6 Å². The largest absolute Gasteiger partial charge is 0.479 e. The lowest BCUT2D eigenvalue weighted by Crippen LogP contribution is -2.56. The lowest BCUT2D eigenvalue weighted by Gasteiger charge is -2.30. The molecule has 39 heavy (non-hydrogen) atoms. The average molecular weight is 579 g/mol. The number of carbonyl (C=O) groups is 5. The molecule has 12 nitrogen and oxygen atoms in total. The Balaban J connectivity index is 1.49. The third kappa shape index (κ3) is 6.92. The number of carbonyl (C=O) groups excluding carboxylic acids is 4. The zero-order valence-electron chi connectivity index (χ0n) is 20.8. The minimum Gasteiger partial charge on any atom is -0.479 e. The summed E-state index contributed by atoms with van der Waals surface area (Å²) in [7, 11) is 0. The topological polar surface area (TPSA) is 146 Å². The second-order valence-electron chi connectivity index (χ2n) is 8.80. The monoisotopic (exact) mass is 578 g/mol. The highest BCUT2D eigenvalue weighted by Crippen LogP contribution is 2.27. The molecule has 3 amide bonds. The van der Waals surface area contributed by atoms with Crippen LogP contribution in [0.3, 0.4) is 0 Å². The minimum atomic E-state index is -1.43. The molecule has 14 heteroatoms. The maximum absolute atomic E-state index is 13.4. The van der Waals surface area contributed by atoms with Crippen LogP contribution in [0.25, 0.3) is 0 Å². The van der Waals surface area contributed by atoms with Gasteiger partial charge in [-0.2, -0.15) is 0 Å². The number of amides is 3. The van der Waals surface area contributed by atoms with Crippen molar-refractivity contribution in [2.24, 2.45) is 0 Å². The van der Waals surface area contributed by atoms with Crippen molar-refractivity contribution in [3.8, 4) is 0 Å². The van der Waals surface area contributed by atoms with Gasteiger partial charge in [0.25, 0.3) is 11.8 Å². The number of hydrogen-bond acceptors (Lipinski definition) is 9. The molecular formula is C25H27ClN4O8S. The molecule has 2 aliphatic heterocycles. The van der Waals surface area contributed by atoms with E-state index in [-0.39, 0.29) is 43.4 Å². The zero-order chi connectivity index (χ0) is 27.9. The van der Waals surface area contributed by atoms with Gasteiger partial charge in [-0.1, -0.05) is 11.6 Å². The Morgan fingerprint density at radius 3 is 2.51 bits per heavy atom. The second kappa shape index (κ2) is 13.0. The predicted octanol–water partition coefficient (Wildman–Crippen LogP) is 2.21. The number of ether oxygens (including phenoxy) is 2. The SMILES string of the molecule is O=CCCCN[C@H](C(=O)O)N(C[C@H]1CN(c2ccc(N3CCOCC3=O)cc2)C(=O)O1)C(=O)c1ccc(Cl)s1. The predicted molar refractivity (Wildman–Crippen MR) is 142 cm³/mol. The van der Waals surface area contributed by atoms with Crippen molar-refractivity contribution in [2.45, 2.75) is 25.1 Å². The van der Waals surface area contributed by atoms with Gasteiger partial charge in [-0.15, -0.1) is 11.3 Å². The summed E-state index contributed by atoms with van der Waals surface area (Å²) < 4.78 is 11.0. The summed E-state index contributed by atoms with van der Waals surface area (Å²) in [6.07, 6.45) is -1.54. The molecule has 2 atom stereocenters. The number of anilines is 2. The first-order valence-electron chi connectivity index (χ1n) is 12.2. The van der Waals surface area contributed by atoms with Gasteiger partial charge in [-0.25, -0.2) is 9.59 Å². The molecule has 2 saturated heterocycles. The summed E-state index contributed by atoms with van der Waals surface area (Å²) in [5.41, 5.74) is 1.20. The van der Waals surface area contributed by atoms with E-state index in [1.165, 1.54) is 17.0 Å². The van der Waals surface area contributed by atoms with Crippen LogP contribution in [0.5, 0.6) is 0 Å². The van der Waals surface area contributed by atoms with Gasteiger partial charge in [0.15, 0.2) is 6.17 Å². The van der Waals surface area contributed by atoms with Crippen LogP contribution in [0.1, 0.15) is 22.5 Å². The Morgan fingerprint density at radius 1 is 1.18 bits per heavy atom. The van der Waals surface area contributed by atoms with Gasteiger partial charge in [0.2, 0.25) is 0 Å². The number of morpholine rings is 1. The van der Waals surface area contributed by atoms with Crippen LogP contribution >= 0.6 is 22.9 Å². The van der Waals surface area contributed by atoms with Crippen LogP contribution in [0.2, 0.25) is 4.34 Å². The fraction of sp³-hybridized carbons (Fsp3) is 0.400. The first-order valence-corrected chi connectivity index (χ1v) is 13.4. The highest BCUT2D eigenvalue weighted by molar-refractivity contribution is 7.18. The number of unbranched alkanes of at least 4 members (excludes halogenated alkanes) is 1. The Morgan fingerprint density at radius 2 is 1.90 bits per heavy atom. The lowest BCUT2D eigenvalue weighted by molar-refractivity contribution is -0.144. The van der Waals surface area contributed by atoms with Crippen molar-refractivity contribution < 1.29 is 38.6 Å². The maximum atomic E-state index is 13.4. The molecule has 2 fully saturated rings. The number of rotatable bonds is 12. The van der Waals surface area contributed by atoms with Crippen molar-refractivity contribution in [3.63, 3.8) is 0 Å². The molecule has 1 aromatic heterocycles. The summed E-state index contributed by atoms with van der Waals surface area (Å²) in [4.78, 5) is 65.3. The van der Waals surface area contributed by atoms with Gasteiger partial charge < -0.3 is 29.2 Å². The Labute approximate surface area is 233 Å². The zero-order valence-corrected chi connectivity index (χ0v) is 22.4. The summed E-state index contributed by atoms with van der Waals surface area (Å²) in [5.74, 6) is -2.04. The van der Waals surface area contributed by atoms with E-state index in [9.17, 15) is 29.1 Å². The van der Waals surface area contributed by atoms with Crippen LogP contribution < -0.4 is 15.1 Å². The number of aliphatic carboxylic acids is 1. The Hall–Kier alpha value is -3.52. The van der Waals surface area contributed by atoms with Crippen molar-refractivity contribution in [1.29, 1.82) is 0 Å². The fourth-order valence-corrected chi connectivity index (χ4v) is 5.28. The Kier molecular flexibility index (Phi) is 9.51. The maximum Gasteiger partial charge on any atom is 0.414 e. The van der Waals surface area contributed by atoms with Crippen molar-refractivity contribution >= 4 is 64.5 Å². The van der Waals surface area contributed by atoms with E-state index in [2.05, 4.69) is 5.32 Å². The van der Waals surface area contributed by atoms with E-state index < -0.39 is 30.2 Å². The number of nitrogens with zero attached hydrogens (tertiary/aromatic N) is 3. The number of hydrogen-bond donors (Lipinski definition) is 2. The molecule has 2 aromatic rings. The lowest BCUT2D eigenvalue weighted by atomic mass is 10.2. The van der Waals surface area contributed by atoms with Crippen LogP contribution in [0.4, 0.5) is 16.2 Å². The smallest absolute Gasteiger partial charge is 0.414 e. The van der Waals surface area contributed by atoms with E-state index in [1.807, 2.05) is 0 Å². The van der Waals surface area contributed by atoms with Crippen LogP contribution in [0, 0.1) is 0 Å². The first-order chi connectivity index (χ1) is 18.8. The van der Waals surface area contributed by atoms with Gasteiger partial charge in [-0.3, -0.25) is 19.8 Å². The molecule has 2 N–H and O–H groups in total. The summed E-state index contributed by atoms with van der Waals surface area (Å²) >= 11 is 7.00. The number of thiophene rings is 1. The minimum absolute atomic E-state index is 0.0120. The second-order valence-corrected chi connectivity index (χ2v) is 10.5. The van der Waals surface area contributed by atoms with Crippen LogP contribution in [-0.2, 0) is 23.9 Å². The van der Waals surface area contributed by atoms with E-state index in [1.54, 1.807) is 29.2 Å². The Bertz CT molecular complexity index is 1220. The van der Waals surface area contributed by atoms with Gasteiger partial charge in [0.05, 0.1) is 28.9 Å². The molecule has 3 heterocycles. The van der Waals surface area contributed by atoms with Crippen molar-refractivity contribution in [2.75, 3.05) is 49.2 Å². The van der Waals surface area contributed by atoms with E-state index >= 15 is 0 Å². The molecule has 1 aromatic carbocycles. The van der Waals surface area contributed by atoms with E-state index in [4.69, 9.17) is 21.1 Å². The molecular weight excluding hydrogens is 552 g/mol. The molecule has 0 unspecified atom stereocenters. The number of cyclic esters (lactones) is 1.